The summed E-state index contributed by atoms with van der Waals surface area (Å²) in [6.07, 6.45) is 0. The van der Waals surface area contributed by atoms with Gasteiger partial charge in [-0.05, 0) is 12.0 Å². The lowest BCUT2D eigenvalue weighted by Crippen LogP contribution is -2.21. The summed E-state index contributed by atoms with van der Waals surface area (Å²) in [4.78, 5) is 0. The number of hydrogen-bond acceptors (Lipinski definition) is 2. The van der Waals surface area contributed by atoms with Gasteiger partial charge in [0.05, 0.1) is 5.69 Å². The molecule has 1 aromatic heterocycles. The molecule has 13 heavy (non-hydrogen) atoms. The van der Waals surface area contributed by atoms with E-state index in [1.807, 2.05) is 0 Å². The number of H-pyrrole nitrogens is 1. The summed E-state index contributed by atoms with van der Waals surface area (Å²) in [6.45, 7) is 9.45. The summed E-state index contributed by atoms with van der Waals surface area (Å²) in [5.74, 6) is 0.504. The summed E-state index contributed by atoms with van der Waals surface area (Å²) in [6, 6.07) is 2.64. The van der Waals surface area contributed by atoms with Gasteiger partial charge in [0.2, 0.25) is 0 Å². The van der Waals surface area contributed by atoms with E-state index in [4.69, 9.17) is 0 Å². The van der Waals surface area contributed by atoms with Crippen molar-refractivity contribution < 1.29 is 0 Å². The molecule has 0 fully saturated rings. The Balaban J connectivity index is 2.49. The second-order valence-corrected chi connectivity index (χ2v) is 4.01. The number of hydrogen-bond donors (Lipinski definition) is 2. The van der Waals surface area contributed by atoms with Crippen LogP contribution < -0.4 is 5.32 Å². The van der Waals surface area contributed by atoms with Gasteiger partial charge in [0.25, 0.3) is 0 Å². The Morgan fingerprint density at radius 2 is 2.08 bits per heavy atom. The molecule has 0 aromatic carbocycles. The molecule has 0 aliphatic rings. The lowest BCUT2D eigenvalue weighted by Gasteiger charge is -2.04. The standard InChI is InChI=1S/C10H19N3/c1-7(2)10-5-9(12-13-10)6-11-8(3)4/h5,7-8,11H,6H2,1-4H3,(H,12,13). The van der Waals surface area contributed by atoms with E-state index in [1.54, 1.807) is 0 Å². The van der Waals surface area contributed by atoms with Crippen LogP contribution in [0, 0.1) is 0 Å². The summed E-state index contributed by atoms with van der Waals surface area (Å²) >= 11 is 0. The molecule has 0 saturated carbocycles. The highest BCUT2D eigenvalue weighted by atomic mass is 15.1. The van der Waals surface area contributed by atoms with Gasteiger partial charge >= 0.3 is 0 Å². The third-order valence-electron chi connectivity index (χ3n) is 1.94. The molecule has 0 amide bonds. The Morgan fingerprint density at radius 1 is 1.38 bits per heavy atom. The van der Waals surface area contributed by atoms with Crippen LogP contribution >= 0.6 is 0 Å². The number of aromatic nitrogens is 2. The van der Waals surface area contributed by atoms with E-state index in [9.17, 15) is 0 Å². The van der Waals surface area contributed by atoms with E-state index < -0.39 is 0 Å². The minimum atomic E-state index is 0.504. The summed E-state index contributed by atoms with van der Waals surface area (Å²) in [7, 11) is 0. The van der Waals surface area contributed by atoms with E-state index in [0.717, 1.165) is 17.9 Å². The van der Waals surface area contributed by atoms with Gasteiger partial charge < -0.3 is 5.32 Å². The molecular formula is C10H19N3. The Bertz CT molecular complexity index is 250. The van der Waals surface area contributed by atoms with Crippen molar-refractivity contribution >= 4 is 0 Å². The van der Waals surface area contributed by atoms with Gasteiger partial charge in [-0.2, -0.15) is 5.10 Å². The fourth-order valence-electron chi connectivity index (χ4n) is 1.08. The highest BCUT2D eigenvalue weighted by Gasteiger charge is 2.04. The summed E-state index contributed by atoms with van der Waals surface area (Å²) in [5, 5.41) is 10.6. The van der Waals surface area contributed by atoms with E-state index in [2.05, 4.69) is 49.3 Å². The average molecular weight is 181 g/mol. The zero-order valence-electron chi connectivity index (χ0n) is 8.89. The van der Waals surface area contributed by atoms with Crippen molar-refractivity contribution in [2.75, 3.05) is 0 Å². The maximum Gasteiger partial charge on any atom is 0.0650 e. The molecule has 0 spiro atoms. The SMILES string of the molecule is CC(C)NCc1cc(C(C)C)n[nH]1. The lowest BCUT2D eigenvalue weighted by atomic mass is 10.1. The average Bonchev–Trinajstić information content (AvgIpc) is 2.48. The predicted molar refractivity (Wildman–Crippen MR) is 54.7 cm³/mol. The van der Waals surface area contributed by atoms with Crippen LogP contribution in [0.2, 0.25) is 0 Å². The first-order chi connectivity index (χ1) is 6.09. The van der Waals surface area contributed by atoms with Crippen LogP contribution in [0.3, 0.4) is 0 Å². The second-order valence-electron chi connectivity index (χ2n) is 4.01. The first-order valence-electron chi connectivity index (χ1n) is 4.87. The molecule has 3 heteroatoms. The van der Waals surface area contributed by atoms with E-state index in [-0.39, 0.29) is 0 Å². The fourth-order valence-corrected chi connectivity index (χ4v) is 1.08. The minimum absolute atomic E-state index is 0.504. The van der Waals surface area contributed by atoms with Gasteiger partial charge in [-0.1, -0.05) is 27.7 Å². The van der Waals surface area contributed by atoms with Gasteiger partial charge in [-0.3, -0.25) is 5.10 Å². The lowest BCUT2D eigenvalue weighted by molar-refractivity contribution is 0.580. The van der Waals surface area contributed by atoms with Crippen LogP contribution in [0.1, 0.15) is 45.0 Å². The Kier molecular flexibility index (Phi) is 3.48. The topological polar surface area (TPSA) is 40.7 Å². The predicted octanol–water partition coefficient (Wildman–Crippen LogP) is 2.03. The number of nitrogens with one attached hydrogen (secondary N) is 2. The normalized spacial score (nSPS) is 11.5. The summed E-state index contributed by atoms with van der Waals surface area (Å²) in [5.41, 5.74) is 2.30. The van der Waals surface area contributed by atoms with Crippen LogP contribution in [-0.4, -0.2) is 16.2 Å². The Hall–Kier alpha value is -0.830. The minimum Gasteiger partial charge on any atom is -0.309 e. The van der Waals surface area contributed by atoms with Crippen LogP contribution in [0.15, 0.2) is 6.07 Å². The van der Waals surface area contributed by atoms with Crippen LogP contribution in [0.25, 0.3) is 0 Å². The Labute approximate surface area is 79.9 Å². The van der Waals surface area contributed by atoms with Crippen molar-refractivity contribution in [2.45, 2.75) is 46.2 Å². The van der Waals surface area contributed by atoms with Gasteiger partial charge in [0.1, 0.15) is 0 Å². The molecule has 1 rings (SSSR count). The molecule has 1 aromatic rings. The zero-order valence-corrected chi connectivity index (χ0v) is 8.89. The molecule has 0 radical (unpaired) electrons. The van der Waals surface area contributed by atoms with Gasteiger partial charge in [-0.15, -0.1) is 0 Å². The zero-order chi connectivity index (χ0) is 9.84. The number of nitrogens with zero attached hydrogens (tertiary/aromatic N) is 1. The molecule has 0 atom stereocenters. The van der Waals surface area contributed by atoms with Crippen molar-refractivity contribution in [3.63, 3.8) is 0 Å². The molecule has 74 valence electrons. The van der Waals surface area contributed by atoms with Crippen molar-refractivity contribution in [1.82, 2.24) is 15.5 Å². The first kappa shape index (κ1) is 10.3. The number of rotatable bonds is 4. The molecule has 0 saturated heterocycles. The Morgan fingerprint density at radius 3 is 2.54 bits per heavy atom. The van der Waals surface area contributed by atoms with Crippen molar-refractivity contribution in [1.29, 1.82) is 0 Å². The maximum atomic E-state index is 4.23. The molecule has 0 bridgehead atoms. The van der Waals surface area contributed by atoms with E-state index >= 15 is 0 Å². The van der Waals surface area contributed by atoms with Crippen LogP contribution in [0.5, 0.6) is 0 Å². The van der Waals surface area contributed by atoms with Crippen molar-refractivity contribution in [3.8, 4) is 0 Å². The van der Waals surface area contributed by atoms with Gasteiger partial charge in [0.15, 0.2) is 0 Å². The second kappa shape index (κ2) is 4.42. The van der Waals surface area contributed by atoms with Crippen molar-refractivity contribution in [2.24, 2.45) is 0 Å². The smallest absolute Gasteiger partial charge is 0.0650 e. The van der Waals surface area contributed by atoms with Crippen LogP contribution in [-0.2, 0) is 6.54 Å². The highest BCUT2D eigenvalue weighted by Crippen LogP contribution is 2.11. The highest BCUT2D eigenvalue weighted by molar-refractivity contribution is 5.11. The monoisotopic (exact) mass is 181 g/mol. The van der Waals surface area contributed by atoms with Gasteiger partial charge in [-0.25, -0.2) is 0 Å². The maximum absolute atomic E-state index is 4.23. The molecule has 2 N–H and O–H groups in total. The summed E-state index contributed by atoms with van der Waals surface area (Å²) < 4.78 is 0. The quantitative estimate of drug-likeness (QED) is 0.746. The molecule has 0 aliphatic heterocycles. The van der Waals surface area contributed by atoms with E-state index in [0.29, 0.717) is 12.0 Å². The molecule has 0 aliphatic carbocycles. The molecule has 1 heterocycles. The van der Waals surface area contributed by atoms with E-state index in [1.165, 1.54) is 0 Å². The third kappa shape index (κ3) is 3.19. The van der Waals surface area contributed by atoms with Gasteiger partial charge in [0, 0.05) is 18.3 Å². The van der Waals surface area contributed by atoms with Crippen molar-refractivity contribution in [3.05, 3.63) is 17.5 Å². The van der Waals surface area contributed by atoms with Crippen LogP contribution in [0.4, 0.5) is 0 Å². The fraction of sp³-hybridized carbons (Fsp3) is 0.700. The largest absolute Gasteiger partial charge is 0.309 e. The third-order valence-corrected chi connectivity index (χ3v) is 1.94. The molecule has 0 unspecified atom stereocenters. The first-order valence-corrected chi connectivity index (χ1v) is 4.87. The molecule has 3 nitrogen and oxygen atoms in total. The number of aromatic amines is 1. The molecular weight excluding hydrogens is 162 g/mol.